The Labute approximate surface area is 169 Å². The standard InChI is InChI=1S/C22H24N2O5/c1-5-24-17-12-15(10-11-19(17)28-13-22(3,4)21(24)27)23-20(26)16-8-6-7-9-18(16)29-14(2)25/h6-12H,5,13H2,1-4H3,(H,23,26). The summed E-state index contributed by atoms with van der Waals surface area (Å²) in [6.07, 6.45) is 0. The van der Waals surface area contributed by atoms with Crippen molar-refractivity contribution in [1.82, 2.24) is 0 Å². The van der Waals surface area contributed by atoms with Crippen LogP contribution in [0.15, 0.2) is 42.5 Å². The first-order chi connectivity index (χ1) is 13.7. The average Bonchev–Trinajstić information content (AvgIpc) is 2.76. The minimum Gasteiger partial charge on any atom is -0.490 e. The van der Waals surface area contributed by atoms with Gasteiger partial charge in [-0.15, -0.1) is 0 Å². The van der Waals surface area contributed by atoms with E-state index in [1.165, 1.54) is 6.92 Å². The van der Waals surface area contributed by atoms with Crippen molar-refractivity contribution in [2.45, 2.75) is 27.7 Å². The van der Waals surface area contributed by atoms with Crippen LogP contribution in [-0.4, -0.2) is 30.9 Å². The van der Waals surface area contributed by atoms with Crippen LogP contribution in [0.4, 0.5) is 11.4 Å². The van der Waals surface area contributed by atoms with Crippen molar-refractivity contribution in [3.8, 4) is 11.5 Å². The number of amides is 2. The Hall–Kier alpha value is -3.35. The highest BCUT2D eigenvalue weighted by molar-refractivity contribution is 6.07. The van der Waals surface area contributed by atoms with Gasteiger partial charge in [0.15, 0.2) is 0 Å². The molecule has 2 aromatic carbocycles. The molecule has 1 heterocycles. The van der Waals surface area contributed by atoms with Crippen molar-refractivity contribution in [2.75, 3.05) is 23.4 Å². The number of hydrogen-bond donors (Lipinski definition) is 1. The number of carbonyl (C=O) groups is 3. The summed E-state index contributed by atoms with van der Waals surface area (Å²) >= 11 is 0. The topological polar surface area (TPSA) is 84.9 Å². The molecule has 0 atom stereocenters. The lowest BCUT2D eigenvalue weighted by atomic mass is 9.93. The maximum Gasteiger partial charge on any atom is 0.308 e. The minimum atomic E-state index is -0.651. The highest BCUT2D eigenvalue weighted by atomic mass is 16.5. The Balaban J connectivity index is 1.91. The van der Waals surface area contributed by atoms with E-state index in [0.29, 0.717) is 23.7 Å². The van der Waals surface area contributed by atoms with E-state index in [4.69, 9.17) is 9.47 Å². The Kier molecular flexibility index (Phi) is 5.59. The van der Waals surface area contributed by atoms with Gasteiger partial charge in [0, 0.05) is 19.2 Å². The van der Waals surface area contributed by atoms with Gasteiger partial charge in [0.25, 0.3) is 5.91 Å². The third-order valence-corrected chi connectivity index (χ3v) is 4.62. The van der Waals surface area contributed by atoms with Crippen LogP contribution in [0.25, 0.3) is 0 Å². The SMILES string of the molecule is CCN1C(=O)C(C)(C)COc2ccc(NC(=O)c3ccccc3OC(C)=O)cc21. The molecule has 7 heteroatoms. The predicted molar refractivity (Wildman–Crippen MR) is 109 cm³/mol. The zero-order valence-corrected chi connectivity index (χ0v) is 16.9. The Morgan fingerprint density at radius 1 is 1.21 bits per heavy atom. The van der Waals surface area contributed by atoms with Crippen molar-refractivity contribution in [3.63, 3.8) is 0 Å². The predicted octanol–water partition coefficient (Wildman–Crippen LogP) is 3.64. The quantitative estimate of drug-likeness (QED) is 0.630. The number of nitrogens with one attached hydrogen (secondary N) is 1. The smallest absolute Gasteiger partial charge is 0.308 e. The van der Waals surface area contributed by atoms with E-state index in [9.17, 15) is 14.4 Å². The zero-order valence-electron chi connectivity index (χ0n) is 16.9. The minimum absolute atomic E-state index is 0.0394. The molecule has 0 saturated carbocycles. The number of esters is 1. The highest BCUT2D eigenvalue weighted by Crippen LogP contribution is 2.38. The largest absolute Gasteiger partial charge is 0.490 e. The molecule has 0 bridgehead atoms. The van der Waals surface area contributed by atoms with E-state index in [0.717, 1.165) is 0 Å². The summed E-state index contributed by atoms with van der Waals surface area (Å²) in [5.74, 6) is -0.201. The van der Waals surface area contributed by atoms with Gasteiger partial charge >= 0.3 is 5.97 Å². The molecule has 0 aromatic heterocycles. The Morgan fingerprint density at radius 2 is 1.93 bits per heavy atom. The van der Waals surface area contributed by atoms with Crippen LogP contribution in [-0.2, 0) is 9.59 Å². The second-order valence-electron chi connectivity index (χ2n) is 7.45. The van der Waals surface area contributed by atoms with Crippen molar-refractivity contribution in [3.05, 3.63) is 48.0 Å². The number of anilines is 2. The van der Waals surface area contributed by atoms with Gasteiger partial charge in [-0.3, -0.25) is 14.4 Å². The molecule has 0 unspecified atom stereocenters. The third-order valence-electron chi connectivity index (χ3n) is 4.62. The van der Waals surface area contributed by atoms with E-state index in [1.54, 1.807) is 47.4 Å². The van der Waals surface area contributed by atoms with Crippen molar-refractivity contribution in [2.24, 2.45) is 5.41 Å². The lowest BCUT2D eigenvalue weighted by Gasteiger charge is -2.27. The van der Waals surface area contributed by atoms with Gasteiger partial charge in [-0.1, -0.05) is 12.1 Å². The Bertz CT molecular complexity index is 967. The molecule has 0 fully saturated rings. The number of nitrogens with zero attached hydrogens (tertiary/aromatic N) is 1. The molecule has 0 radical (unpaired) electrons. The fourth-order valence-electron chi connectivity index (χ4n) is 3.13. The number of carbonyl (C=O) groups excluding carboxylic acids is 3. The van der Waals surface area contributed by atoms with Crippen LogP contribution in [0.1, 0.15) is 38.1 Å². The van der Waals surface area contributed by atoms with Gasteiger partial charge in [-0.2, -0.15) is 0 Å². The summed E-state index contributed by atoms with van der Waals surface area (Å²) in [4.78, 5) is 38.6. The zero-order chi connectivity index (χ0) is 21.2. The molecule has 2 aromatic rings. The fourth-order valence-corrected chi connectivity index (χ4v) is 3.13. The highest BCUT2D eigenvalue weighted by Gasteiger charge is 2.37. The van der Waals surface area contributed by atoms with Gasteiger partial charge in [-0.25, -0.2) is 0 Å². The lowest BCUT2D eigenvalue weighted by molar-refractivity contribution is -0.132. The van der Waals surface area contributed by atoms with E-state index in [2.05, 4.69) is 5.32 Å². The van der Waals surface area contributed by atoms with Crippen molar-refractivity contribution in [1.29, 1.82) is 0 Å². The lowest BCUT2D eigenvalue weighted by Crippen LogP contribution is -2.42. The third kappa shape index (κ3) is 4.23. The maximum atomic E-state index is 12.9. The van der Waals surface area contributed by atoms with E-state index in [1.807, 2.05) is 20.8 Å². The summed E-state index contributed by atoms with van der Waals surface area (Å²) < 4.78 is 11.0. The van der Waals surface area contributed by atoms with E-state index >= 15 is 0 Å². The van der Waals surface area contributed by atoms with Gasteiger partial charge < -0.3 is 19.7 Å². The molecule has 7 nitrogen and oxygen atoms in total. The number of rotatable bonds is 4. The van der Waals surface area contributed by atoms with Crippen LogP contribution in [0.5, 0.6) is 11.5 Å². The number of hydrogen-bond acceptors (Lipinski definition) is 5. The van der Waals surface area contributed by atoms with Crippen LogP contribution in [0.3, 0.4) is 0 Å². The van der Waals surface area contributed by atoms with Gasteiger partial charge in [-0.05, 0) is 51.1 Å². The van der Waals surface area contributed by atoms with Crippen LogP contribution in [0, 0.1) is 5.41 Å². The first kappa shape index (κ1) is 20.4. The first-order valence-electron chi connectivity index (χ1n) is 9.40. The monoisotopic (exact) mass is 396 g/mol. The first-order valence-corrected chi connectivity index (χ1v) is 9.40. The summed E-state index contributed by atoms with van der Waals surface area (Å²) in [5, 5.41) is 2.80. The van der Waals surface area contributed by atoms with Crippen molar-refractivity contribution < 1.29 is 23.9 Å². The summed E-state index contributed by atoms with van der Waals surface area (Å²) in [7, 11) is 0. The fraction of sp³-hybridized carbons (Fsp3) is 0.318. The molecular weight excluding hydrogens is 372 g/mol. The molecule has 3 rings (SSSR count). The van der Waals surface area contributed by atoms with Crippen LogP contribution in [0.2, 0.25) is 0 Å². The van der Waals surface area contributed by atoms with Crippen LogP contribution >= 0.6 is 0 Å². The Morgan fingerprint density at radius 3 is 2.62 bits per heavy atom. The second kappa shape index (κ2) is 7.95. The van der Waals surface area contributed by atoms with Gasteiger partial charge in [0.05, 0.1) is 16.7 Å². The summed E-state index contributed by atoms with van der Waals surface area (Å²) in [6.45, 7) is 7.61. The number of fused-ring (bicyclic) bond motifs is 1. The van der Waals surface area contributed by atoms with E-state index in [-0.39, 0.29) is 23.8 Å². The van der Waals surface area contributed by atoms with Crippen LogP contribution < -0.4 is 19.7 Å². The molecule has 2 amide bonds. The maximum absolute atomic E-state index is 12.9. The average molecular weight is 396 g/mol. The number of benzene rings is 2. The molecule has 0 aliphatic carbocycles. The van der Waals surface area contributed by atoms with Crippen molar-refractivity contribution >= 4 is 29.2 Å². The number of ether oxygens (including phenoxy) is 2. The number of para-hydroxylation sites is 1. The van der Waals surface area contributed by atoms with Gasteiger partial charge in [0.2, 0.25) is 5.91 Å². The van der Waals surface area contributed by atoms with E-state index < -0.39 is 17.3 Å². The molecule has 1 N–H and O–H groups in total. The molecular formula is C22H24N2O5. The molecule has 1 aliphatic rings. The molecule has 0 spiro atoms. The summed E-state index contributed by atoms with van der Waals surface area (Å²) in [5.41, 5.74) is 0.690. The second-order valence-corrected chi connectivity index (χ2v) is 7.45. The van der Waals surface area contributed by atoms with Gasteiger partial charge in [0.1, 0.15) is 18.1 Å². The molecule has 0 saturated heterocycles. The molecule has 1 aliphatic heterocycles. The molecule has 152 valence electrons. The normalized spacial score (nSPS) is 15.0. The summed E-state index contributed by atoms with van der Waals surface area (Å²) in [6, 6.07) is 11.7. The molecule has 29 heavy (non-hydrogen) atoms.